The minimum absolute atomic E-state index is 0. The number of amides is 1. The van der Waals surface area contributed by atoms with Crippen molar-refractivity contribution in [2.24, 2.45) is 5.73 Å². The summed E-state index contributed by atoms with van der Waals surface area (Å²) in [5.74, 6) is -0.546. The zero-order valence-corrected chi connectivity index (χ0v) is 16.8. The highest BCUT2D eigenvalue weighted by molar-refractivity contribution is 5.85. The topological polar surface area (TPSA) is 67.6 Å². The Morgan fingerprint density at radius 2 is 1.96 bits per heavy atom. The number of nitrogens with two attached hydrogens (primary N) is 1. The van der Waals surface area contributed by atoms with Crippen LogP contribution in [0.1, 0.15) is 37.8 Å². The summed E-state index contributed by atoms with van der Waals surface area (Å²) in [6, 6.07) is 5.75. The molecular weight excluding hydrogens is 380 g/mol. The quantitative estimate of drug-likeness (QED) is 0.692. The second-order valence-electron chi connectivity index (χ2n) is 6.16. The van der Waals surface area contributed by atoms with Crippen LogP contribution in [-0.2, 0) is 9.53 Å². The van der Waals surface area contributed by atoms with Gasteiger partial charge in [-0.05, 0) is 12.5 Å². The molecule has 0 spiro atoms. The number of carbonyl (C=O) groups excluding carboxylic acids is 1. The van der Waals surface area contributed by atoms with E-state index in [4.69, 9.17) is 10.5 Å². The Labute approximate surface area is 167 Å². The number of morpholine rings is 1. The molecule has 0 aliphatic carbocycles. The Bertz CT molecular complexity index is 531. The van der Waals surface area contributed by atoms with Crippen LogP contribution in [0, 0.1) is 5.82 Å². The van der Waals surface area contributed by atoms with Crippen LogP contribution >= 0.6 is 24.8 Å². The number of carbonyl (C=O) groups is 1. The number of hydrogen-bond acceptors (Lipinski definition) is 4. The summed E-state index contributed by atoms with van der Waals surface area (Å²) in [5.41, 5.74) is 6.19. The number of unbranched alkanes of at least 4 members (excludes halogenated alkanes) is 1. The average molecular weight is 410 g/mol. The van der Waals surface area contributed by atoms with E-state index in [1.54, 1.807) is 18.2 Å². The van der Waals surface area contributed by atoms with Crippen molar-refractivity contribution in [3.8, 4) is 0 Å². The maximum atomic E-state index is 14.3. The van der Waals surface area contributed by atoms with Gasteiger partial charge in [-0.3, -0.25) is 9.69 Å². The van der Waals surface area contributed by atoms with Gasteiger partial charge in [-0.1, -0.05) is 38.0 Å². The second-order valence-corrected chi connectivity index (χ2v) is 6.16. The van der Waals surface area contributed by atoms with E-state index in [1.165, 1.54) is 6.07 Å². The van der Waals surface area contributed by atoms with Crippen LogP contribution < -0.4 is 11.1 Å². The molecule has 1 fully saturated rings. The number of halogens is 3. The number of nitrogens with one attached hydrogen (secondary N) is 1. The number of ether oxygens (including phenoxy) is 1. The summed E-state index contributed by atoms with van der Waals surface area (Å²) in [5, 5.41) is 3.01. The van der Waals surface area contributed by atoms with Gasteiger partial charge in [0.25, 0.3) is 0 Å². The molecule has 0 aromatic heterocycles. The van der Waals surface area contributed by atoms with E-state index in [-0.39, 0.29) is 42.6 Å². The van der Waals surface area contributed by atoms with Gasteiger partial charge in [0.15, 0.2) is 0 Å². The first-order valence-corrected chi connectivity index (χ1v) is 8.74. The number of nitrogens with zero attached hydrogens (tertiary/aromatic N) is 1. The van der Waals surface area contributed by atoms with Crippen LogP contribution in [0.25, 0.3) is 0 Å². The van der Waals surface area contributed by atoms with Crippen LogP contribution in [0.5, 0.6) is 0 Å². The van der Waals surface area contributed by atoms with Gasteiger partial charge < -0.3 is 15.8 Å². The third-order valence-electron chi connectivity index (χ3n) is 4.40. The molecule has 1 saturated heterocycles. The lowest BCUT2D eigenvalue weighted by atomic mass is 10.0. The molecule has 0 saturated carbocycles. The Balaban J connectivity index is 0.00000312. The van der Waals surface area contributed by atoms with E-state index in [0.717, 1.165) is 19.3 Å². The molecule has 8 heteroatoms. The molecule has 3 N–H and O–H groups in total. The zero-order chi connectivity index (χ0) is 17.4. The molecule has 0 radical (unpaired) electrons. The van der Waals surface area contributed by atoms with Crippen molar-refractivity contribution in [1.82, 2.24) is 10.2 Å². The molecule has 2 atom stereocenters. The van der Waals surface area contributed by atoms with Crippen LogP contribution in [-0.4, -0.2) is 49.7 Å². The van der Waals surface area contributed by atoms with Crippen molar-refractivity contribution >= 4 is 30.7 Å². The molecule has 1 aliphatic heterocycles. The highest BCUT2D eigenvalue weighted by atomic mass is 35.5. The third kappa shape index (κ3) is 7.00. The van der Waals surface area contributed by atoms with E-state index < -0.39 is 6.04 Å². The van der Waals surface area contributed by atoms with Crippen molar-refractivity contribution in [2.75, 3.05) is 32.8 Å². The molecule has 2 unspecified atom stereocenters. The number of hydrogen-bond donors (Lipinski definition) is 2. The summed E-state index contributed by atoms with van der Waals surface area (Å²) in [6.07, 6.45) is 2.89. The van der Waals surface area contributed by atoms with E-state index in [1.807, 2.05) is 4.90 Å². The van der Waals surface area contributed by atoms with Crippen LogP contribution in [0.15, 0.2) is 24.3 Å². The molecule has 2 rings (SSSR count). The van der Waals surface area contributed by atoms with Gasteiger partial charge in [-0.2, -0.15) is 0 Å². The molecule has 1 aromatic carbocycles. The van der Waals surface area contributed by atoms with Crippen LogP contribution in [0.3, 0.4) is 0 Å². The van der Waals surface area contributed by atoms with Crippen molar-refractivity contribution in [1.29, 1.82) is 0 Å². The van der Waals surface area contributed by atoms with E-state index in [2.05, 4.69) is 12.2 Å². The highest BCUT2D eigenvalue weighted by Crippen LogP contribution is 2.25. The van der Waals surface area contributed by atoms with E-state index in [9.17, 15) is 9.18 Å². The van der Waals surface area contributed by atoms with Crippen molar-refractivity contribution in [3.05, 3.63) is 35.6 Å². The minimum Gasteiger partial charge on any atom is -0.379 e. The SMILES string of the molecule is CCCCC(CN)NC(=O)C(c1ccccc1F)N1CCOCC1.Cl.Cl. The summed E-state index contributed by atoms with van der Waals surface area (Å²) >= 11 is 0. The Morgan fingerprint density at radius 3 is 2.54 bits per heavy atom. The van der Waals surface area contributed by atoms with Gasteiger partial charge in [0.2, 0.25) is 5.91 Å². The molecule has 1 aromatic rings. The van der Waals surface area contributed by atoms with Gasteiger partial charge in [0.1, 0.15) is 11.9 Å². The third-order valence-corrected chi connectivity index (χ3v) is 4.40. The van der Waals surface area contributed by atoms with Gasteiger partial charge in [0, 0.05) is 31.2 Å². The Morgan fingerprint density at radius 1 is 1.31 bits per heavy atom. The molecule has 26 heavy (non-hydrogen) atoms. The van der Waals surface area contributed by atoms with Crippen molar-refractivity contribution in [3.63, 3.8) is 0 Å². The zero-order valence-electron chi connectivity index (χ0n) is 15.2. The predicted molar refractivity (Wildman–Crippen MR) is 107 cm³/mol. The lowest BCUT2D eigenvalue weighted by Gasteiger charge is -2.34. The molecule has 5 nitrogen and oxygen atoms in total. The fraction of sp³-hybridized carbons (Fsp3) is 0.611. The number of benzene rings is 1. The van der Waals surface area contributed by atoms with Crippen molar-refractivity contribution in [2.45, 2.75) is 38.3 Å². The smallest absolute Gasteiger partial charge is 0.242 e. The lowest BCUT2D eigenvalue weighted by molar-refractivity contribution is -0.129. The molecule has 1 amide bonds. The van der Waals surface area contributed by atoms with Gasteiger partial charge >= 0.3 is 0 Å². The van der Waals surface area contributed by atoms with Gasteiger partial charge in [-0.15, -0.1) is 24.8 Å². The minimum atomic E-state index is -0.647. The molecular formula is C18H30Cl2FN3O2. The lowest BCUT2D eigenvalue weighted by Crippen LogP contribution is -2.49. The average Bonchev–Trinajstić information content (AvgIpc) is 2.61. The van der Waals surface area contributed by atoms with Crippen LogP contribution in [0.4, 0.5) is 4.39 Å². The molecule has 1 aliphatic rings. The fourth-order valence-corrected chi connectivity index (χ4v) is 3.02. The second kappa shape index (κ2) is 13.3. The van der Waals surface area contributed by atoms with Gasteiger partial charge in [-0.25, -0.2) is 4.39 Å². The predicted octanol–water partition coefficient (Wildman–Crippen LogP) is 2.68. The molecule has 1 heterocycles. The summed E-state index contributed by atoms with van der Waals surface area (Å²) < 4.78 is 19.7. The first-order chi connectivity index (χ1) is 11.7. The molecule has 150 valence electrons. The summed E-state index contributed by atoms with van der Waals surface area (Å²) in [4.78, 5) is 14.9. The van der Waals surface area contributed by atoms with Crippen molar-refractivity contribution < 1.29 is 13.9 Å². The largest absolute Gasteiger partial charge is 0.379 e. The standard InChI is InChI=1S/C18H28FN3O2.2ClH/c1-2-3-6-14(13-20)21-18(23)17(22-9-11-24-12-10-22)15-7-4-5-8-16(15)19;;/h4-5,7-8,14,17H,2-3,6,9-13,20H2,1H3,(H,21,23);2*1H. The first kappa shape index (κ1) is 25.1. The Hall–Kier alpha value is -0.920. The molecule has 0 bridgehead atoms. The normalized spacial score (nSPS) is 16.7. The summed E-state index contributed by atoms with van der Waals surface area (Å²) in [7, 11) is 0. The van der Waals surface area contributed by atoms with E-state index >= 15 is 0 Å². The monoisotopic (exact) mass is 409 g/mol. The van der Waals surface area contributed by atoms with Gasteiger partial charge in [0.05, 0.1) is 13.2 Å². The fourth-order valence-electron chi connectivity index (χ4n) is 3.02. The van der Waals surface area contributed by atoms with Crippen LogP contribution in [0.2, 0.25) is 0 Å². The Kier molecular flexibility index (Phi) is 12.8. The maximum Gasteiger partial charge on any atom is 0.242 e. The first-order valence-electron chi connectivity index (χ1n) is 8.74. The summed E-state index contributed by atoms with van der Waals surface area (Å²) in [6.45, 7) is 4.80. The highest BCUT2D eigenvalue weighted by Gasteiger charge is 2.31. The number of rotatable bonds is 8. The maximum absolute atomic E-state index is 14.3. The van der Waals surface area contributed by atoms with E-state index in [0.29, 0.717) is 38.4 Å².